The van der Waals surface area contributed by atoms with Crippen molar-refractivity contribution in [2.24, 2.45) is 0 Å². The molecule has 1 unspecified atom stereocenters. The van der Waals surface area contributed by atoms with Gasteiger partial charge in [-0.15, -0.1) is 0 Å². The third kappa shape index (κ3) is 4.75. The van der Waals surface area contributed by atoms with Gasteiger partial charge >= 0.3 is 0 Å². The average molecular weight is 378 g/mol. The number of amides is 1. The van der Waals surface area contributed by atoms with Crippen LogP contribution in [0.5, 0.6) is 0 Å². The lowest BCUT2D eigenvalue weighted by atomic mass is 9.89. The second-order valence-corrected chi connectivity index (χ2v) is 7.08. The van der Waals surface area contributed by atoms with E-state index in [0.29, 0.717) is 28.8 Å². The van der Waals surface area contributed by atoms with Gasteiger partial charge in [-0.3, -0.25) is 4.79 Å². The van der Waals surface area contributed by atoms with Crippen molar-refractivity contribution in [1.82, 2.24) is 5.32 Å². The quantitative estimate of drug-likeness (QED) is 0.806. The summed E-state index contributed by atoms with van der Waals surface area (Å²) in [4.78, 5) is 12.3. The van der Waals surface area contributed by atoms with Gasteiger partial charge in [0.25, 0.3) is 5.91 Å². The molecule has 132 valence electrons. The van der Waals surface area contributed by atoms with Crippen LogP contribution >= 0.6 is 23.2 Å². The minimum atomic E-state index is -0.0821. The fraction of sp³-hybridized carbons (Fsp3) is 0.350. The second kappa shape index (κ2) is 8.70. The Morgan fingerprint density at radius 3 is 2.64 bits per heavy atom. The number of carbonyl (C=O) groups excluding carboxylic acids is 1. The molecule has 0 saturated carbocycles. The lowest BCUT2D eigenvalue weighted by molar-refractivity contribution is 0.0444. The highest BCUT2D eigenvalue weighted by molar-refractivity contribution is 6.42. The van der Waals surface area contributed by atoms with Crippen molar-refractivity contribution in [1.29, 1.82) is 0 Å². The van der Waals surface area contributed by atoms with Crippen LogP contribution in [-0.4, -0.2) is 25.2 Å². The Hall–Kier alpha value is -1.55. The molecule has 1 heterocycles. The van der Waals surface area contributed by atoms with Gasteiger partial charge in [0.15, 0.2) is 0 Å². The zero-order chi connectivity index (χ0) is 17.6. The minimum Gasteiger partial charge on any atom is -0.376 e. The first-order chi connectivity index (χ1) is 12.1. The van der Waals surface area contributed by atoms with E-state index in [4.69, 9.17) is 27.9 Å². The van der Waals surface area contributed by atoms with Crippen LogP contribution in [0.3, 0.4) is 0 Å². The Kier molecular flexibility index (Phi) is 6.35. The normalized spacial score (nSPS) is 20.7. The molecule has 0 radical (unpaired) electrons. The maximum atomic E-state index is 12.3. The van der Waals surface area contributed by atoms with Gasteiger partial charge in [0.1, 0.15) is 0 Å². The van der Waals surface area contributed by atoms with Crippen molar-refractivity contribution in [3.05, 3.63) is 69.7 Å². The summed E-state index contributed by atoms with van der Waals surface area (Å²) < 4.78 is 6.04. The van der Waals surface area contributed by atoms with Gasteiger partial charge in [0.05, 0.1) is 16.1 Å². The number of halogens is 2. The molecule has 0 aromatic heterocycles. The van der Waals surface area contributed by atoms with E-state index in [2.05, 4.69) is 5.32 Å². The van der Waals surface area contributed by atoms with Gasteiger partial charge in [-0.25, -0.2) is 0 Å². The van der Waals surface area contributed by atoms with E-state index in [1.54, 1.807) is 12.1 Å². The Labute approximate surface area is 158 Å². The highest BCUT2D eigenvalue weighted by Gasteiger charge is 2.27. The van der Waals surface area contributed by atoms with Crippen molar-refractivity contribution in [3.63, 3.8) is 0 Å². The molecule has 1 N–H and O–H groups in total. The number of rotatable bonds is 4. The van der Waals surface area contributed by atoms with Crippen LogP contribution < -0.4 is 5.32 Å². The van der Waals surface area contributed by atoms with Crippen LogP contribution in [-0.2, 0) is 4.74 Å². The predicted octanol–water partition coefficient (Wildman–Crippen LogP) is 5.08. The fourth-order valence-electron chi connectivity index (χ4n) is 3.21. The van der Waals surface area contributed by atoms with Crippen molar-refractivity contribution >= 4 is 29.1 Å². The number of hydrogen-bond donors (Lipinski definition) is 1. The van der Waals surface area contributed by atoms with Crippen LogP contribution in [0.1, 0.15) is 41.1 Å². The number of carbonyl (C=O) groups is 1. The summed E-state index contributed by atoms with van der Waals surface area (Å²) in [7, 11) is 0. The van der Waals surface area contributed by atoms with Crippen molar-refractivity contribution < 1.29 is 9.53 Å². The molecular formula is C20H21Cl2NO2. The smallest absolute Gasteiger partial charge is 0.251 e. The summed E-state index contributed by atoms with van der Waals surface area (Å²) in [5.41, 5.74) is 1.76. The lowest BCUT2D eigenvalue weighted by Crippen LogP contribution is -2.36. The highest BCUT2D eigenvalue weighted by atomic mass is 35.5. The Balaban J connectivity index is 1.72. The van der Waals surface area contributed by atoms with Gasteiger partial charge in [-0.2, -0.15) is 0 Å². The van der Waals surface area contributed by atoms with Crippen LogP contribution in [0.25, 0.3) is 0 Å². The third-order valence-corrected chi connectivity index (χ3v) is 5.30. The molecule has 25 heavy (non-hydrogen) atoms. The Bertz CT molecular complexity index is 721. The first-order valence-corrected chi connectivity index (χ1v) is 9.30. The maximum Gasteiger partial charge on any atom is 0.251 e. The molecule has 3 rings (SSSR count). The Morgan fingerprint density at radius 1 is 1.08 bits per heavy atom. The van der Waals surface area contributed by atoms with Crippen LogP contribution in [0, 0.1) is 0 Å². The average Bonchev–Trinajstić information content (AvgIpc) is 2.88. The molecule has 0 aliphatic carbocycles. The van der Waals surface area contributed by atoms with Crippen LogP contribution in [0.4, 0.5) is 0 Å². The zero-order valence-electron chi connectivity index (χ0n) is 13.9. The monoisotopic (exact) mass is 377 g/mol. The molecular weight excluding hydrogens is 357 g/mol. The number of hydrogen-bond acceptors (Lipinski definition) is 2. The summed E-state index contributed by atoms with van der Waals surface area (Å²) >= 11 is 12.2. The zero-order valence-corrected chi connectivity index (χ0v) is 15.4. The fourth-order valence-corrected chi connectivity index (χ4v) is 3.52. The SMILES string of the molecule is O=C(NC[C@@H]1OCCCCC1c1ccc(Cl)c(Cl)c1)c1ccccc1. The first-order valence-electron chi connectivity index (χ1n) is 8.55. The summed E-state index contributed by atoms with van der Waals surface area (Å²) in [6, 6.07) is 15.0. The Morgan fingerprint density at radius 2 is 1.88 bits per heavy atom. The summed E-state index contributed by atoms with van der Waals surface area (Å²) in [5, 5.41) is 4.10. The number of ether oxygens (including phenoxy) is 1. The molecule has 1 aliphatic rings. The summed E-state index contributed by atoms with van der Waals surface area (Å²) in [6.45, 7) is 1.18. The minimum absolute atomic E-state index is 0.0765. The van der Waals surface area contributed by atoms with Crippen LogP contribution in [0.15, 0.2) is 48.5 Å². The molecule has 5 heteroatoms. The van der Waals surface area contributed by atoms with Crippen molar-refractivity contribution in [2.75, 3.05) is 13.2 Å². The number of nitrogens with one attached hydrogen (secondary N) is 1. The van der Waals surface area contributed by atoms with Crippen LogP contribution in [0.2, 0.25) is 10.0 Å². The van der Waals surface area contributed by atoms with Gasteiger partial charge in [-0.1, -0.05) is 53.9 Å². The predicted molar refractivity (Wildman–Crippen MR) is 102 cm³/mol. The molecule has 1 saturated heterocycles. The molecule has 0 spiro atoms. The van der Waals surface area contributed by atoms with E-state index in [1.165, 1.54) is 0 Å². The van der Waals surface area contributed by atoms with E-state index in [9.17, 15) is 4.79 Å². The standard InChI is InChI=1S/C20H21Cl2NO2/c21-17-10-9-15(12-18(17)22)16-8-4-5-11-25-19(16)13-23-20(24)14-6-2-1-3-7-14/h1-3,6-7,9-10,12,16,19H,4-5,8,11,13H2,(H,23,24)/t16?,19-/m0/s1. The van der Waals surface area contributed by atoms with Gasteiger partial charge < -0.3 is 10.1 Å². The van der Waals surface area contributed by atoms with Gasteiger partial charge in [-0.05, 0) is 42.7 Å². The van der Waals surface area contributed by atoms with Gasteiger partial charge in [0.2, 0.25) is 0 Å². The lowest BCUT2D eigenvalue weighted by Gasteiger charge is -2.26. The number of benzene rings is 2. The van der Waals surface area contributed by atoms with E-state index >= 15 is 0 Å². The molecule has 1 aliphatic heterocycles. The highest BCUT2D eigenvalue weighted by Crippen LogP contribution is 2.33. The largest absolute Gasteiger partial charge is 0.376 e. The van der Waals surface area contributed by atoms with E-state index in [0.717, 1.165) is 24.8 Å². The third-order valence-electron chi connectivity index (χ3n) is 4.56. The van der Waals surface area contributed by atoms with E-state index in [-0.39, 0.29) is 17.9 Å². The molecule has 1 amide bonds. The first kappa shape index (κ1) is 18.2. The molecule has 2 atom stereocenters. The van der Waals surface area contributed by atoms with E-state index < -0.39 is 0 Å². The molecule has 1 fully saturated rings. The second-order valence-electron chi connectivity index (χ2n) is 6.26. The van der Waals surface area contributed by atoms with Crippen molar-refractivity contribution in [3.8, 4) is 0 Å². The summed E-state index contributed by atoms with van der Waals surface area (Å²) in [6.07, 6.45) is 3.05. The molecule has 2 aromatic carbocycles. The topological polar surface area (TPSA) is 38.3 Å². The molecule has 0 bridgehead atoms. The van der Waals surface area contributed by atoms with Crippen molar-refractivity contribution in [2.45, 2.75) is 31.3 Å². The maximum absolute atomic E-state index is 12.3. The summed E-state index contributed by atoms with van der Waals surface area (Å²) in [5.74, 6) is 0.106. The molecule has 2 aromatic rings. The molecule has 3 nitrogen and oxygen atoms in total. The van der Waals surface area contributed by atoms with Gasteiger partial charge in [0, 0.05) is 24.6 Å². The van der Waals surface area contributed by atoms with E-state index in [1.807, 2.05) is 36.4 Å².